The van der Waals surface area contributed by atoms with Crippen LogP contribution in [0.3, 0.4) is 0 Å². The van der Waals surface area contributed by atoms with Crippen LogP contribution in [0, 0.1) is 6.92 Å². The number of aromatic nitrogens is 3. The molecule has 0 saturated heterocycles. The number of pyridine rings is 1. The Balaban J connectivity index is 1.73. The number of nitrogens with one attached hydrogen (secondary N) is 2. The summed E-state index contributed by atoms with van der Waals surface area (Å²) in [5, 5.41) is 10.4. The number of aryl methyl sites for hydroxylation is 1. The number of nitrogens with zero attached hydrogens (tertiary/aromatic N) is 3. The third-order valence-electron chi connectivity index (χ3n) is 3.65. The average molecular weight is 301 g/mol. The second-order valence-electron chi connectivity index (χ2n) is 5.51. The second kappa shape index (κ2) is 7.70. The Morgan fingerprint density at radius 2 is 2.18 bits per heavy atom. The molecule has 0 radical (unpaired) electrons. The lowest BCUT2D eigenvalue weighted by Crippen LogP contribution is -2.41. The summed E-state index contributed by atoms with van der Waals surface area (Å²) < 4.78 is 1.92. The highest BCUT2D eigenvalue weighted by atomic mass is 16.1. The van der Waals surface area contributed by atoms with E-state index in [4.69, 9.17) is 0 Å². The van der Waals surface area contributed by atoms with Gasteiger partial charge in [0.2, 0.25) is 5.91 Å². The highest BCUT2D eigenvalue weighted by Gasteiger charge is 2.15. The fourth-order valence-electron chi connectivity index (χ4n) is 2.06. The van der Waals surface area contributed by atoms with E-state index in [9.17, 15) is 4.79 Å². The van der Waals surface area contributed by atoms with E-state index in [-0.39, 0.29) is 24.5 Å². The van der Waals surface area contributed by atoms with Crippen LogP contribution in [0.5, 0.6) is 0 Å². The molecule has 2 heterocycles. The molecular weight excluding hydrogens is 278 g/mol. The van der Waals surface area contributed by atoms with Crippen molar-refractivity contribution in [1.29, 1.82) is 0 Å². The third kappa shape index (κ3) is 4.66. The number of carbonyl (C=O) groups excluding carboxylic acids is 1. The van der Waals surface area contributed by atoms with E-state index < -0.39 is 0 Å². The van der Waals surface area contributed by atoms with Gasteiger partial charge in [0.1, 0.15) is 0 Å². The van der Waals surface area contributed by atoms with Crippen LogP contribution in [0.1, 0.15) is 31.1 Å². The van der Waals surface area contributed by atoms with Crippen LogP contribution in [-0.4, -0.2) is 33.3 Å². The molecule has 0 aliphatic heterocycles. The first kappa shape index (κ1) is 16.2. The summed E-state index contributed by atoms with van der Waals surface area (Å²) in [4.78, 5) is 16.0. The lowest BCUT2D eigenvalue weighted by Gasteiger charge is -2.21. The number of carbonyl (C=O) groups is 1. The third-order valence-corrected chi connectivity index (χ3v) is 3.65. The van der Waals surface area contributed by atoms with Crippen molar-refractivity contribution in [2.75, 3.05) is 6.54 Å². The van der Waals surface area contributed by atoms with Crippen LogP contribution in [0.2, 0.25) is 0 Å². The van der Waals surface area contributed by atoms with E-state index in [1.165, 1.54) is 0 Å². The first-order valence-electron chi connectivity index (χ1n) is 7.47. The number of hydrogen-bond donors (Lipinski definition) is 2. The minimum atomic E-state index is -0.0404. The quantitative estimate of drug-likeness (QED) is 0.812. The predicted octanol–water partition coefficient (Wildman–Crippen LogP) is 1.44. The Kier molecular flexibility index (Phi) is 5.66. The van der Waals surface area contributed by atoms with Gasteiger partial charge in [0.05, 0.1) is 31.0 Å². The maximum atomic E-state index is 11.9. The molecule has 0 aliphatic carbocycles. The lowest BCUT2D eigenvalue weighted by molar-refractivity contribution is -0.120. The highest BCUT2D eigenvalue weighted by molar-refractivity contribution is 5.77. The molecule has 2 N–H and O–H groups in total. The van der Waals surface area contributed by atoms with Gasteiger partial charge in [0, 0.05) is 18.4 Å². The summed E-state index contributed by atoms with van der Waals surface area (Å²) in [6.45, 7) is 6.87. The van der Waals surface area contributed by atoms with Gasteiger partial charge in [-0.2, -0.15) is 5.10 Å². The molecule has 22 heavy (non-hydrogen) atoms. The van der Waals surface area contributed by atoms with Gasteiger partial charge in [-0.15, -0.1) is 0 Å². The van der Waals surface area contributed by atoms with Gasteiger partial charge in [-0.05, 0) is 38.5 Å². The van der Waals surface area contributed by atoms with Crippen molar-refractivity contribution in [3.05, 3.63) is 48.0 Å². The maximum absolute atomic E-state index is 11.9. The van der Waals surface area contributed by atoms with E-state index in [1.54, 1.807) is 6.20 Å². The molecule has 0 aromatic carbocycles. The molecule has 2 rings (SSSR count). The average Bonchev–Trinajstić information content (AvgIpc) is 2.97. The van der Waals surface area contributed by atoms with Crippen molar-refractivity contribution in [2.24, 2.45) is 0 Å². The molecule has 6 nitrogen and oxygen atoms in total. The molecule has 0 bridgehead atoms. The van der Waals surface area contributed by atoms with E-state index in [0.29, 0.717) is 6.54 Å². The minimum absolute atomic E-state index is 0.0404. The van der Waals surface area contributed by atoms with Gasteiger partial charge >= 0.3 is 0 Å². The van der Waals surface area contributed by atoms with Crippen molar-refractivity contribution >= 4 is 5.91 Å². The molecule has 1 amide bonds. The summed E-state index contributed by atoms with van der Waals surface area (Å²) in [5.41, 5.74) is 1.98. The molecule has 0 fully saturated rings. The zero-order valence-corrected chi connectivity index (χ0v) is 13.3. The van der Waals surface area contributed by atoms with E-state index in [2.05, 4.69) is 27.6 Å². The first-order valence-corrected chi connectivity index (χ1v) is 7.47. The van der Waals surface area contributed by atoms with Crippen LogP contribution in [0.15, 0.2) is 36.8 Å². The van der Waals surface area contributed by atoms with Crippen molar-refractivity contribution < 1.29 is 4.79 Å². The van der Waals surface area contributed by atoms with Gasteiger partial charge in [-0.25, -0.2) is 0 Å². The van der Waals surface area contributed by atoms with E-state index >= 15 is 0 Å². The highest BCUT2D eigenvalue weighted by Crippen LogP contribution is 2.10. The molecule has 0 saturated carbocycles. The summed E-state index contributed by atoms with van der Waals surface area (Å²) in [6, 6.07) is 5.96. The molecule has 2 aromatic rings. The van der Waals surface area contributed by atoms with Gasteiger partial charge in [-0.3, -0.25) is 14.5 Å². The Labute approximate surface area is 130 Å². The van der Waals surface area contributed by atoms with Crippen LogP contribution in [0.4, 0.5) is 0 Å². The van der Waals surface area contributed by atoms with Crippen molar-refractivity contribution in [3.63, 3.8) is 0 Å². The second-order valence-corrected chi connectivity index (χ2v) is 5.51. The van der Waals surface area contributed by atoms with Crippen LogP contribution >= 0.6 is 0 Å². The lowest BCUT2D eigenvalue weighted by atomic mass is 10.2. The Bertz CT molecular complexity index is 596. The largest absolute Gasteiger partial charge is 0.349 e. The zero-order valence-electron chi connectivity index (χ0n) is 13.3. The fraction of sp³-hybridized carbons (Fsp3) is 0.438. The van der Waals surface area contributed by atoms with Gasteiger partial charge in [-0.1, -0.05) is 6.07 Å². The number of amides is 1. The van der Waals surface area contributed by atoms with Crippen LogP contribution in [0.25, 0.3) is 0 Å². The summed E-state index contributed by atoms with van der Waals surface area (Å²) in [6.07, 6.45) is 5.56. The molecule has 2 unspecified atom stereocenters. The molecular formula is C16H23N5O. The Hall–Kier alpha value is -2.21. The van der Waals surface area contributed by atoms with E-state index in [0.717, 1.165) is 11.3 Å². The molecule has 6 heteroatoms. The fourth-order valence-corrected chi connectivity index (χ4v) is 2.06. The number of rotatable bonds is 7. The van der Waals surface area contributed by atoms with Gasteiger partial charge < -0.3 is 10.6 Å². The molecule has 2 atom stereocenters. The molecule has 118 valence electrons. The zero-order chi connectivity index (χ0) is 15.9. The van der Waals surface area contributed by atoms with Crippen LogP contribution in [-0.2, 0) is 11.3 Å². The van der Waals surface area contributed by atoms with Crippen molar-refractivity contribution in [1.82, 2.24) is 25.4 Å². The predicted molar refractivity (Wildman–Crippen MR) is 85.2 cm³/mol. The maximum Gasteiger partial charge on any atom is 0.234 e. The Morgan fingerprint density at radius 1 is 1.36 bits per heavy atom. The Morgan fingerprint density at radius 3 is 2.82 bits per heavy atom. The topological polar surface area (TPSA) is 71.8 Å². The smallest absolute Gasteiger partial charge is 0.234 e. The normalized spacial score (nSPS) is 13.6. The van der Waals surface area contributed by atoms with E-state index in [1.807, 2.05) is 49.1 Å². The molecule has 0 spiro atoms. The summed E-state index contributed by atoms with van der Waals surface area (Å²) in [7, 11) is 0. The summed E-state index contributed by atoms with van der Waals surface area (Å²) >= 11 is 0. The van der Waals surface area contributed by atoms with Crippen molar-refractivity contribution in [2.45, 2.75) is 39.4 Å². The van der Waals surface area contributed by atoms with Crippen molar-refractivity contribution in [3.8, 4) is 0 Å². The minimum Gasteiger partial charge on any atom is -0.349 e. The number of hydrogen-bond acceptors (Lipinski definition) is 4. The van der Waals surface area contributed by atoms with Gasteiger partial charge in [0.15, 0.2) is 0 Å². The van der Waals surface area contributed by atoms with Gasteiger partial charge in [0.25, 0.3) is 0 Å². The SMILES string of the molecule is Cc1cnn(C(C)C(C)NCC(=O)NCc2ccccn2)c1. The summed E-state index contributed by atoms with van der Waals surface area (Å²) in [5.74, 6) is -0.0404. The van der Waals surface area contributed by atoms with Crippen LogP contribution < -0.4 is 10.6 Å². The first-order chi connectivity index (χ1) is 10.6. The standard InChI is InChI=1S/C16H23N5O/c1-12-8-20-21(11-12)14(3)13(2)18-10-16(22)19-9-15-6-4-5-7-17-15/h4-8,11,13-14,18H,9-10H2,1-3H3,(H,19,22). The molecule has 0 aliphatic rings. The molecule has 2 aromatic heterocycles. The monoisotopic (exact) mass is 301 g/mol.